The van der Waals surface area contributed by atoms with Gasteiger partial charge < -0.3 is 0 Å². The number of carbonyl (C=O) groups is 1. The number of aryl methyl sites for hydroxylation is 1. The second-order valence-corrected chi connectivity index (χ2v) is 4.28. The summed E-state index contributed by atoms with van der Waals surface area (Å²) < 4.78 is 1.73. The molecule has 0 fully saturated rings. The summed E-state index contributed by atoms with van der Waals surface area (Å²) in [6.45, 7) is 0. The van der Waals surface area contributed by atoms with Crippen LogP contribution in [0.15, 0.2) is 48.7 Å². The van der Waals surface area contributed by atoms with E-state index in [0.717, 1.165) is 28.3 Å². The number of hydrogen-bond donors (Lipinski definition) is 0. The van der Waals surface area contributed by atoms with Gasteiger partial charge in [0.1, 0.15) is 0 Å². The van der Waals surface area contributed by atoms with Crippen molar-refractivity contribution in [3.05, 3.63) is 54.2 Å². The van der Waals surface area contributed by atoms with Crippen molar-refractivity contribution in [1.29, 1.82) is 0 Å². The fourth-order valence-electron chi connectivity index (χ4n) is 2.16. The highest BCUT2D eigenvalue weighted by atomic mass is 16.1. The molecule has 0 bridgehead atoms. The van der Waals surface area contributed by atoms with Crippen molar-refractivity contribution in [3.63, 3.8) is 0 Å². The first-order valence-corrected chi connectivity index (χ1v) is 5.76. The van der Waals surface area contributed by atoms with Crippen LogP contribution in [0.5, 0.6) is 0 Å². The van der Waals surface area contributed by atoms with Gasteiger partial charge in [0.15, 0.2) is 6.29 Å². The summed E-state index contributed by atoms with van der Waals surface area (Å²) in [5.41, 5.74) is 3.64. The zero-order valence-corrected chi connectivity index (χ0v) is 10.00. The Morgan fingerprint density at radius 1 is 1.11 bits per heavy atom. The van der Waals surface area contributed by atoms with Crippen LogP contribution in [-0.2, 0) is 7.05 Å². The molecule has 0 aliphatic rings. The molecule has 18 heavy (non-hydrogen) atoms. The molecular weight excluding hydrogens is 224 g/mol. The van der Waals surface area contributed by atoms with E-state index in [-0.39, 0.29) is 0 Å². The van der Waals surface area contributed by atoms with E-state index in [9.17, 15) is 4.79 Å². The summed E-state index contributed by atoms with van der Waals surface area (Å²) in [4.78, 5) is 11.2. The number of aromatic nitrogens is 2. The van der Waals surface area contributed by atoms with E-state index in [0.29, 0.717) is 5.56 Å². The van der Waals surface area contributed by atoms with Crippen molar-refractivity contribution >= 4 is 17.2 Å². The Labute approximate surface area is 105 Å². The van der Waals surface area contributed by atoms with Gasteiger partial charge in [0.25, 0.3) is 0 Å². The monoisotopic (exact) mass is 236 g/mol. The largest absolute Gasteiger partial charge is 0.298 e. The maximum atomic E-state index is 11.2. The molecule has 0 aliphatic heterocycles. The van der Waals surface area contributed by atoms with Gasteiger partial charge in [-0.15, -0.1) is 0 Å². The number of benzene rings is 2. The maximum absolute atomic E-state index is 11.2. The van der Waals surface area contributed by atoms with Gasteiger partial charge in [0.05, 0.1) is 5.52 Å². The normalized spacial score (nSPS) is 10.7. The Hall–Kier alpha value is -2.42. The van der Waals surface area contributed by atoms with E-state index in [1.807, 2.05) is 55.7 Å². The minimum atomic E-state index is 0.680. The van der Waals surface area contributed by atoms with Crippen LogP contribution in [0.3, 0.4) is 0 Å². The van der Waals surface area contributed by atoms with Crippen LogP contribution >= 0.6 is 0 Å². The Balaban J connectivity index is 2.28. The lowest BCUT2D eigenvalue weighted by Gasteiger charge is -2.03. The first-order valence-electron chi connectivity index (χ1n) is 5.76. The number of hydrogen-bond acceptors (Lipinski definition) is 2. The van der Waals surface area contributed by atoms with E-state index in [1.54, 1.807) is 4.68 Å². The van der Waals surface area contributed by atoms with Crippen LogP contribution in [0, 0.1) is 0 Å². The van der Waals surface area contributed by atoms with E-state index < -0.39 is 0 Å². The zero-order valence-electron chi connectivity index (χ0n) is 10.00. The molecule has 0 unspecified atom stereocenters. The number of fused-ring (bicyclic) bond motifs is 1. The first kappa shape index (κ1) is 10.7. The highest BCUT2D eigenvalue weighted by Gasteiger charge is 2.08. The smallest absolute Gasteiger partial charge is 0.150 e. The molecule has 0 atom stereocenters. The Kier molecular flexibility index (Phi) is 2.45. The molecule has 0 radical (unpaired) electrons. The standard InChI is InChI=1S/C15H12N2O/c1-17-9-14-13(10-18)7-12(8-15(14)16-17)11-5-3-2-4-6-11/h2-10H,1H3. The summed E-state index contributed by atoms with van der Waals surface area (Å²) in [7, 11) is 1.86. The minimum Gasteiger partial charge on any atom is -0.298 e. The average molecular weight is 236 g/mol. The molecule has 0 spiro atoms. The second-order valence-electron chi connectivity index (χ2n) is 4.28. The van der Waals surface area contributed by atoms with E-state index in [4.69, 9.17) is 0 Å². The van der Waals surface area contributed by atoms with Gasteiger partial charge in [0.2, 0.25) is 0 Å². The third kappa shape index (κ3) is 1.70. The van der Waals surface area contributed by atoms with E-state index >= 15 is 0 Å². The summed E-state index contributed by atoms with van der Waals surface area (Å²) in [6, 6.07) is 13.9. The Morgan fingerprint density at radius 2 is 1.89 bits per heavy atom. The number of nitrogens with zero attached hydrogens (tertiary/aromatic N) is 2. The van der Waals surface area contributed by atoms with Gasteiger partial charge >= 0.3 is 0 Å². The van der Waals surface area contributed by atoms with Crippen LogP contribution in [0.4, 0.5) is 0 Å². The predicted octanol–water partition coefficient (Wildman–Crippen LogP) is 3.05. The van der Waals surface area contributed by atoms with Crippen LogP contribution in [-0.4, -0.2) is 16.1 Å². The molecule has 88 valence electrons. The molecule has 0 saturated carbocycles. The van der Waals surface area contributed by atoms with Crippen LogP contribution in [0.1, 0.15) is 10.4 Å². The fourth-order valence-corrected chi connectivity index (χ4v) is 2.16. The minimum absolute atomic E-state index is 0.680. The summed E-state index contributed by atoms with van der Waals surface area (Å²) in [6.07, 6.45) is 2.75. The maximum Gasteiger partial charge on any atom is 0.150 e. The highest BCUT2D eigenvalue weighted by molar-refractivity contribution is 5.99. The van der Waals surface area contributed by atoms with E-state index in [1.165, 1.54) is 0 Å². The Morgan fingerprint density at radius 3 is 2.61 bits per heavy atom. The lowest BCUT2D eigenvalue weighted by atomic mass is 10.0. The van der Waals surface area contributed by atoms with Crippen molar-refractivity contribution in [2.24, 2.45) is 7.05 Å². The number of rotatable bonds is 2. The molecule has 3 heteroatoms. The lowest BCUT2D eigenvalue weighted by Crippen LogP contribution is -1.85. The molecule has 2 aromatic carbocycles. The average Bonchev–Trinajstić information content (AvgIpc) is 2.78. The van der Waals surface area contributed by atoms with Gasteiger partial charge in [-0.3, -0.25) is 9.48 Å². The third-order valence-electron chi connectivity index (χ3n) is 3.01. The second kappa shape index (κ2) is 4.11. The van der Waals surface area contributed by atoms with E-state index in [2.05, 4.69) is 5.10 Å². The van der Waals surface area contributed by atoms with Crippen LogP contribution in [0.25, 0.3) is 22.0 Å². The molecule has 0 aliphatic carbocycles. The van der Waals surface area contributed by atoms with Crippen molar-refractivity contribution in [3.8, 4) is 11.1 Å². The van der Waals surface area contributed by atoms with Gasteiger partial charge in [-0.2, -0.15) is 5.10 Å². The molecule has 3 aromatic rings. The SMILES string of the molecule is Cn1cc2c(C=O)cc(-c3ccccc3)cc2n1. The van der Waals surface area contributed by atoms with Crippen molar-refractivity contribution in [1.82, 2.24) is 9.78 Å². The third-order valence-corrected chi connectivity index (χ3v) is 3.01. The van der Waals surface area contributed by atoms with Crippen molar-refractivity contribution in [2.45, 2.75) is 0 Å². The predicted molar refractivity (Wildman–Crippen MR) is 71.5 cm³/mol. The molecule has 3 nitrogen and oxygen atoms in total. The van der Waals surface area contributed by atoms with Gasteiger partial charge in [0, 0.05) is 24.2 Å². The molecule has 0 saturated heterocycles. The summed E-state index contributed by atoms with van der Waals surface area (Å²) in [5.74, 6) is 0. The van der Waals surface area contributed by atoms with Crippen molar-refractivity contribution < 1.29 is 4.79 Å². The molecule has 3 rings (SSSR count). The Bertz CT molecular complexity index is 714. The molecule has 0 amide bonds. The van der Waals surface area contributed by atoms with Gasteiger partial charge in [-0.25, -0.2) is 0 Å². The van der Waals surface area contributed by atoms with Gasteiger partial charge in [-0.05, 0) is 23.3 Å². The summed E-state index contributed by atoms with van der Waals surface area (Å²) >= 11 is 0. The quantitative estimate of drug-likeness (QED) is 0.641. The summed E-state index contributed by atoms with van der Waals surface area (Å²) in [5, 5.41) is 5.26. The fraction of sp³-hybridized carbons (Fsp3) is 0.0667. The van der Waals surface area contributed by atoms with Crippen LogP contribution in [0.2, 0.25) is 0 Å². The highest BCUT2D eigenvalue weighted by Crippen LogP contribution is 2.26. The van der Waals surface area contributed by atoms with Crippen molar-refractivity contribution in [2.75, 3.05) is 0 Å². The molecule has 1 aromatic heterocycles. The lowest BCUT2D eigenvalue weighted by molar-refractivity contribution is 0.112. The number of carbonyl (C=O) groups excluding carboxylic acids is 1. The molecular formula is C15H12N2O. The molecule has 0 N–H and O–H groups in total. The molecule has 1 heterocycles. The number of aldehydes is 1. The van der Waals surface area contributed by atoms with Crippen LogP contribution < -0.4 is 0 Å². The topological polar surface area (TPSA) is 34.9 Å². The zero-order chi connectivity index (χ0) is 12.5. The first-order chi connectivity index (χ1) is 8.78. The van der Waals surface area contributed by atoms with Gasteiger partial charge in [-0.1, -0.05) is 30.3 Å².